The zero-order valence-electron chi connectivity index (χ0n) is 9.22. The zero-order chi connectivity index (χ0) is 14.0. The Morgan fingerprint density at radius 3 is 2.68 bits per heavy atom. The average Bonchev–Trinajstić information content (AvgIpc) is 2.83. The predicted molar refractivity (Wildman–Crippen MR) is 79.0 cm³/mol. The van der Waals surface area contributed by atoms with Crippen molar-refractivity contribution in [2.45, 2.75) is 4.21 Å². The van der Waals surface area contributed by atoms with Gasteiger partial charge in [-0.05, 0) is 30.3 Å². The first-order chi connectivity index (χ1) is 8.92. The maximum absolute atomic E-state index is 12.1. The second kappa shape index (κ2) is 5.51. The van der Waals surface area contributed by atoms with Gasteiger partial charge in [-0.2, -0.15) is 5.26 Å². The quantitative estimate of drug-likeness (QED) is 0.883. The molecule has 19 heavy (non-hydrogen) atoms. The Bertz CT molecular complexity index is 765. The fourth-order valence-electron chi connectivity index (χ4n) is 1.30. The lowest BCUT2D eigenvalue weighted by molar-refractivity contribution is 0.603. The van der Waals surface area contributed by atoms with Crippen molar-refractivity contribution in [1.29, 1.82) is 5.26 Å². The fraction of sp³-hybridized carbons (Fsp3) is 0. The molecule has 0 unspecified atom stereocenters. The van der Waals surface area contributed by atoms with E-state index in [0.29, 0.717) is 14.4 Å². The molecule has 0 saturated heterocycles. The second-order valence-electron chi connectivity index (χ2n) is 3.46. The number of nitriles is 1. The largest absolute Gasteiger partial charge is 0.277 e. The summed E-state index contributed by atoms with van der Waals surface area (Å²) in [6.45, 7) is 0. The Morgan fingerprint density at radius 1 is 1.32 bits per heavy atom. The lowest BCUT2D eigenvalue weighted by Gasteiger charge is -2.08. The molecule has 0 aliphatic rings. The first-order valence-corrected chi connectivity index (χ1v) is 8.37. The highest BCUT2D eigenvalue weighted by Gasteiger charge is 2.18. The zero-order valence-corrected chi connectivity index (χ0v) is 13.2. The van der Waals surface area contributed by atoms with Crippen molar-refractivity contribution in [3.63, 3.8) is 0 Å². The van der Waals surface area contributed by atoms with E-state index in [-0.39, 0.29) is 9.90 Å². The van der Waals surface area contributed by atoms with E-state index >= 15 is 0 Å². The van der Waals surface area contributed by atoms with E-state index in [4.69, 9.17) is 16.9 Å². The van der Waals surface area contributed by atoms with Crippen molar-refractivity contribution in [1.82, 2.24) is 0 Å². The van der Waals surface area contributed by atoms with Crippen LogP contribution in [0, 0.1) is 11.3 Å². The molecular weight excluding hydrogens is 372 g/mol. The van der Waals surface area contributed by atoms with Crippen LogP contribution in [0.4, 0.5) is 5.69 Å². The topological polar surface area (TPSA) is 70.0 Å². The van der Waals surface area contributed by atoms with Crippen LogP contribution in [0.5, 0.6) is 0 Å². The van der Waals surface area contributed by atoms with Gasteiger partial charge in [0.25, 0.3) is 10.0 Å². The van der Waals surface area contributed by atoms with Gasteiger partial charge < -0.3 is 0 Å². The Labute approximate surface area is 127 Å². The van der Waals surface area contributed by atoms with Crippen molar-refractivity contribution < 1.29 is 8.42 Å². The highest BCUT2D eigenvalue weighted by Crippen LogP contribution is 2.29. The number of sulfonamides is 1. The summed E-state index contributed by atoms with van der Waals surface area (Å²) in [5.41, 5.74) is 0.281. The molecule has 0 atom stereocenters. The maximum atomic E-state index is 12.1. The molecule has 4 nitrogen and oxygen atoms in total. The second-order valence-corrected chi connectivity index (χ2v) is 7.78. The van der Waals surface area contributed by atoms with Crippen LogP contribution in [0.15, 0.2) is 39.0 Å². The van der Waals surface area contributed by atoms with E-state index in [9.17, 15) is 8.42 Å². The number of hydrogen-bond donors (Lipinski definition) is 1. The van der Waals surface area contributed by atoms with Crippen molar-refractivity contribution in [2.24, 2.45) is 0 Å². The molecule has 0 aliphatic carbocycles. The average molecular weight is 378 g/mol. The van der Waals surface area contributed by atoms with E-state index in [0.717, 1.165) is 11.3 Å². The molecule has 2 aromatic rings. The molecule has 1 aromatic carbocycles. The van der Waals surface area contributed by atoms with Gasteiger partial charge in [0, 0.05) is 4.47 Å². The standard InChI is InChI=1S/C11H6BrClN2O2S2/c12-7-1-3-9(13)10(5-7)15-19(16,17)11-4-2-8(6-14)18-11/h1-5,15H. The third kappa shape index (κ3) is 3.28. The first kappa shape index (κ1) is 14.3. The number of thiophene rings is 1. The monoisotopic (exact) mass is 376 g/mol. The van der Waals surface area contributed by atoms with Gasteiger partial charge in [0.05, 0.1) is 10.7 Å². The van der Waals surface area contributed by atoms with Gasteiger partial charge in [-0.25, -0.2) is 8.42 Å². The van der Waals surface area contributed by atoms with Gasteiger partial charge in [0.1, 0.15) is 15.2 Å². The summed E-state index contributed by atoms with van der Waals surface area (Å²) in [6, 6.07) is 9.60. The summed E-state index contributed by atoms with van der Waals surface area (Å²) in [7, 11) is -3.73. The molecule has 1 aromatic heterocycles. The van der Waals surface area contributed by atoms with Crippen LogP contribution in [0.3, 0.4) is 0 Å². The van der Waals surface area contributed by atoms with Crippen LogP contribution < -0.4 is 4.72 Å². The Balaban J connectivity index is 2.36. The minimum atomic E-state index is -3.73. The van der Waals surface area contributed by atoms with Crippen molar-refractivity contribution in [2.75, 3.05) is 4.72 Å². The van der Waals surface area contributed by atoms with Crippen molar-refractivity contribution >= 4 is 54.6 Å². The summed E-state index contributed by atoms with van der Waals surface area (Å²) in [6.07, 6.45) is 0. The van der Waals surface area contributed by atoms with E-state index < -0.39 is 10.0 Å². The van der Waals surface area contributed by atoms with E-state index in [1.54, 1.807) is 18.2 Å². The normalized spacial score (nSPS) is 11.0. The number of halogens is 2. The van der Waals surface area contributed by atoms with Crippen LogP contribution in [-0.2, 0) is 10.0 Å². The van der Waals surface area contributed by atoms with Gasteiger partial charge in [-0.1, -0.05) is 27.5 Å². The predicted octanol–water partition coefficient (Wildman–Crippen LogP) is 3.84. The molecule has 0 spiro atoms. The molecule has 2 rings (SSSR count). The fourth-order valence-corrected chi connectivity index (χ4v) is 4.05. The summed E-state index contributed by atoms with van der Waals surface area (Å²) in [5, 5.41) is 9.00. The summed E-state index contributed by atoms with van der Waals surface area (Å²) < 4.78 is 27.4. The molecule has 1 N–H and O–H groups in total. The van der Waals surface area contributed by atoms with E-state index in [2.05, 4.69) is 20.7 Å². The van der Waals surface area contributed by atoms with Gasteiger partial charge in [-0.3, -0.25) is 4.72 Å². The highest BCUT2D eigenvalue weighted by molar-refractivity contribution is 9.10. The molecule has 0 fully saturated rings. The summed E-state index contributed by atoms with van der Waals surface area (Å²) >= 11 is 10.1. The van der Waals surface area contributed by atoms with Crippen LogP contribution in [0.2, 0.25) is 5.02 Å². The molecule has 8 heteroatoms. The molecule has 98 valence electrons. The molecular formula is C11H6BrClN2O2S2. The smallest absolute Gasteiger partial charge is 0.271 e. The van der Waals surface area contributed by atoms with E-state index in [1.807, 2.05) is 6.07 Å². The number of hydrogen-bond acceptors (Lipinski definition) is 4. The van der Waals surface area contributed by atoms with E-state index in [1.165, 1.54) is 12.1 Å². The number of nitrogens with zero attached hydrogens (tertiary/aromatic N) is 1. The lowest BCUT2D eigenvalue weighted by atomic mass is 10.3. The van der Waals surface area contributed by atoms with Crippen LogP contribution in [0.25, 0.3) is 0 Å². The van der Waals surface area contributed by atoms with Gasteiger partial charge >= 0.3 is 0 Å². The van der Waals surface area contributed by atoms with Crippen molar-refractivity contribution in [3.05, 3.63) is 44.7 Å². The van der Waals surface area contributed by atoms with Crippen LogP contribution in [0.1, 0.15) is 4.88 Å². The molecule has 0 saturated carbocycles. The maximum Gasteiger partial charge on any atom is 0.271 e. The molecule has 0 aliphatic heterocycles. The van der Waals surface area contributed by atoms with Crippen LogP contribution in [-0.4, -0.2) is 8.42 Å². The number of anilines is 1. The number of benzene rings is 1. The van der Waals surface area contributed by atoms with Crippen molar-refractivity contribution in [3.8, 4) is 6.07 Å². The molecule has 1 heterocycles. The Morgan fingerprint density at radius 2 is 2.05 bits per heavy atom. The molecule has 0 amide bonds. The highest BCUT2D eigenvalue weighted by atomic mass is 79.9. The molecule has 0 radical (unpaired) electrons. The molecule has 0 bridgehead atoms. The van der Waals surface area contributed by atoms with Gasteiger partial charge in [-0.15, -0.1) is 11.3 Å². The number of nitrogens with one attached hydrogen (secondary N) is 1. The SMILES string of the molecule is N#Cc1ccc(S(=O)(=O)Nc2cc(Br)ccc2Cl)s1. The Hall–Kier alpha value is -1.07. The van der Waals surface area contributed by atoms with Gasteiger partial charge in [0.2, 0.25) is 0 Å². The van der Waals surface area contributed by atoms with Crippen LogP contribution >= 0.6 is 38.9 Å². The minimum absolute atomic E-state index is 0.0695. The third-order valence-electron chi connectivity index (χ3n) is 2.13. The van der Waals surface area contributed by atoms with Gasteiger partial charge in [0.15, 0.2) is 0 Å². The minimum Gasteiger partial charge on any atom is -0.277 e. The number of rotatable bonds is 3. The third-order valence-corrected chi connectivity index (χ3v) is 5.80. The first-order valence-electron chi connectivity index (χ1n) is 4.90. The lowest BCUT2D eigenvalue weighted by Crippen LogP contribution is -2.11. The Kier molecular flexibility index (Phi) is 4.16. The summed E-state index contributed by atoms with van der Waals surface area (Å²) in [4.78, 5) is 0.334. The summed E-state index contributed by atoms with van der Waals surface area (Å²) in [5.74, 6) is 0.